The first-order valence-electron chi connectivity index (χ1n) is 7.94. The molecule has 1 aliphatic heterocycles. The summed E-state index contributed by atoms with van der Waals surface area (Å²) in [6.07, 6.45) is 1.41. The lowest BCUT2D eigenvalue weighted by Crippen LogP contribution is -2.41. The Morgan fingerprint density at radius 1 is 1.25 bits per heavy atom. The average Bonchev–Trinajstić information content (AvgIpc) is 3.12. The number of piperidine rings is 1. The van der Waals surface area contributed by atoms with Gasteiger partial charge in [0.05, 0.1) is 4.88 Å². The highest BCUT2D eigenvalue weighted by Gasteiger charge is 2.28. The highest BCUT2D eigenvalue weighted by molar-refractivity contribution is 9.10. The van der Waals surface area contributed by atoms with E-state index in [1.54, 1.807) is 0 Å². The number of benzene rings is 1. The van der Waals surface area contributed by atoms with Crippen molar-refractivity contribution in [2.75, 3.05) is 18.4 Å². The number of aryl methyl sites for hydroxylation is 1. The number of hydrogen-bond donors (Lipinski definition) is 1. The van der Waals surface area contributed by atoms with Gasteiger partial charge in [0.2, 0.25) is 5.91 Å². The van der Waals surface area contributed by atoms with Gasteiger partial charge in [0.15, 0.2) is 0 Å². The number of rotatable bonds is 3. The summed E-state index contributed by atoms with van der Waals surface area (Å²) in [6, 6.07) is 9.52. The van der Waals surface area contributed by atoms with E-state index >= 15 is 0 Å². The zero-order valence-corrected chi connectivity index (χ0v) is 15.8. The molecule has 2 aromatic rings. The number of likely N-dealkylation sites (tertiary alicyclic amines) is 1. The molecule has 0 atom stereocenters. The van der Waals surface area contributed by atoms with Gasteiger partial charge in [0.25, 0.3) is 5.91 Å². The van der Waals surface area contributed by atoms with Gasteiger partial charge in [-0.3, -0.25) is 9.59 Å². The first-order chi connectivity index (χ1) is 11.5. The molecule has 1 aromatic heterocycles. The zero-order valence-electron chi connectivity index (χ0n) is 13.4. The van der Waals surface area contributed by atoms with Crippen LogP contribution in [0.2, 0.25) is 0 Å². The molecular weight excluding hydrogens is 388 g/mol. The number of hydrogen-bond acceptors (Lipinski definition) is 3. The van der Waals surface area contributed by atoms with Crippen molar-refractivity contribution in [2.24, 2.45) is 5.92 Å². The van der Waals surface area contributed by atoms with E-state index in [0.29, 0.717) is 25.9 Å². The van der Waals surface area contributed by atoms with Crippen LogP contribution in [0.4, 0.5) is 5.69 Å². The molecule has 0 unspecified atom stereocenters. The molecule has 0 bridgehead atoms. The summed E-state index contributed by atoms with van der Waals surface area (Å²) >= 11 is 4.92. The number of thiophene rings is 1. The van der Waals surface area contributed by atoms with E-state index in [0.717, 1.165) is 20.6 Å². The second-order valence-electron chi connectivity index (χ2n) is 6.00. The summed E-state index contributed by atoms with van der Waals surface area (Å²) in [5.74, 6) is 0.0775. The van der Waals surface area contributed by atoms with Crippen LogP contribution in [0.25, 0.3) is 0 Å². The Morgan fingerprint density at radius 2 is 2.00 bits per heavy atom. The van der Waals surface area contributed by atoms with Gasteiger partial charge in [0.1, 0.15) is 0 Å². The summed E-state index contributed by atoms with van der Waals surface area (Å²) in [4.78, 5) is 27.4. The zero-order chi connectivity index (χ0) is 17.1. The highest BCUT2D eigenvalue weighted by atomic mass is 79.9. The van der Waals surface area contributed by atoms with Crippen molar-refractivity contribution in [3.8, 4) is 0 Å². The number of halogens is 1. The second-order valence-corrected chi connectivity index (χ2v) is 7.80. The summed E-state index contributed by atoms with van der Waals surface area (Å²) in [5.41, 5.74) is 1.90. The third-order valence-electron chi connectivity index (χ3n) is 4.31. The van der Waals surface area contributed by atoms with Crippen molar-refractivity contribution in [1.82, 2.24) is 4.90 Å². The number of anilines is 1. The number of carbonyl (C=O) groups is 2. The molecule has 3 rings (SSSR count). The van der Waals surface area contributed by atoms with E-state index in [1.165, 1.54) is 11.3 Å². The second kappa shape index (κ2) is 7.49. The van der Waals surface area contributed by atoms with Gasteiger partial charge in [-0.1, -0.05) is 22.0 Å². The van der Waals surface area contributed by atoms with Crippen LogP contribution in [-0.2, 0) is 4.79 Å². The molecule has 1 aromatic carbocycles. The van der Waals surface area contributed by atoms with Crippen LogP contribution < -0.4 is 5.32 Å². The van der Waals surface area contributed by atoms with Crippen molar-refractivity contribution in [2.45, 2.75) is 19.8 Å². The summed E-state index contributed by atoms with van der Waals surface area (Å²) in [7, 11) is 0. The maximum absolute atomic E-state index is 12.4. The molecule has 0 saturated carbocycles. The Hall–Kier alpha value is -1.66. The maximum atomic E-state index is 12.4. The molecule has 0 aliphatic carbocycles. The Morgan fingerprint density at radius 3 is 2.62 bits per heavy atom. The van der Waals surface area contributed by atoms with Crippen LogP contribution in [0.1, 0.15) is 28.1 Å². The van der Waals surface area contributed by atoms with Crippen molar-refractivity contribution < 1.29 is 9.59 Å². The van der Waals surface area contributed by atoms with Crippen molar-refractivity contribution in [3.05, 3.63) is 50.6 Å². The molecule has 126 valence electrons. The summed E-state index contributed by atoms with van der Waals surface area (Å²) < 4.78 is 1.03. The Labute approximate surface area is 154 Å². The van der Waals surface area contributed by atoms with Gasteiger partial charge in [-0.05, 0) is 55.0 Å². The topological polar surface area (TPSA) is 49.4 Å². The fraction of sp³-hybridized carbons (Fsp3) is 0.333. The number of nitrogens with one attached hydrogen (secondary N) is 1. The van der Waals surface area contributed by atoms with Crippen LogP contribution in [0, 0.1) is 12.8 Å². The van der Waals surface area contributed by atoms with E-state index < -0.39 is 0 Å². The fourth-order valence-corrected chi connectivity index (χ4v) is 3.81. The average molecular weight is 407 g/mol. The molecule has 6 heteroatoms. The van der Waals surface area contributed by atoms with E-state index in [9.17, 15) is 9.59 Å². The van der Waals surface area contributed by atoms with E-state index in [-0.39, 0.29) is 17.7 Å². The third-order valence-corrected chi connectivity index (χ3v) is 6.06. The molecule has 4 nitrogen and oxygen atoms in total. The lowest BCUT2D eigenvalue weighted by molar-refractivity contribution is -0.121. The van der Waals surface area contributed by atoms with Gasteiger partial charge in [-0.25, -0.2) is 0 Å². The number of nitrogens with zero attached hydrogens (tertiary/aromatic N) is 1. The smallest absolute Gasteiger partial charge is 0.263 e. The fourth-order valence-electron chi connectivity index (χ4n) is 2.87. The van der Waals surface area contributed by atoms with Crippen LogP contribution in [-0.4, -0.2) is 29.8 Å². The van der Waals surface area contributed by atoms with E-state index in [2.05, 4.69) is 21.2 Å². The minimum atomic E-state index is -0.0404. The molecular formula is C18H19BrN2O2S. The predicted molar refractivity (Wildman–Crippen MR) is 100 cm³/mol. The largest absolute Gasteiger partial charge is 0.338 e. The lowest BCUT2D eigenvalue weighted by Gasteiger charge is -2.31. The molecule has 2 heterocycles. The molecule has 1 aliphatic rings. The van der Waals surface area contributed by atoms with Crippen molar-refractivity contribution >= 4 is 44.8 Å². The van der Waals surface area contributed by atoms with E-state index in [4.69, 9.17) is 0 Å². The standard InChI is InChI=1S/C18H19BrN2O2S/c1-12-11-14(4-5-15(12)19)20-17(22)13-6-8-21(9-7-13)18(23)16-3-2-10-24-16/h2-5,10-11,13H,6-9H2,1H3,(H,20,22). The van der Waals surface area contributed by atoms with Crippen LogP contribution in [0.5, 0.6) is 0 Å². The highest BCUT2D eigenvalue weighted by Crippen LogP contribution is 2.24. The molecule has 0 spiro atoms. The normalized spacial score (nSPS) is 15.3. The Balaban J connectivity index is 1.55. The molecule has 1 fully saturated rings. The van der Waals surface area contributed by atoms with Crippen molar-refractivity contribution in [1.29, 1.82) is 0 Å². The number of amides is 2. The number of carbonyl (C=O) groups excluding carboxylic acids is 2. The van der Waals surface area contributed by atoms with Crippen LogP contribution >= 0.6 is 27.3 Å². The third kappa shape index (κ3) is 3.87. The minimum Gasteiger partial charge on any atom is -0.338 e. The lowest BCUT2D eigenvalue weighted by atomic mass is 9.95. The first-order valence-corrected chi connectivity index (χ1v) is 9.61. The Kier molecular flexibility index (Phi) is 5.36. The van der Waals surface area contributed by atoms with Gasteiger partial charge >= 0.3 is 0 Å². The monoisotopic (exact) mass is 406 g/mol. The quantitative estimate of drug-likeness (QED) is 0.825. The molecule has 1 N–H and O–H groups in total. The minimum absolute atomic E-state index is 0.0404. The molecule has 2 amide bonds. The van der Waals surface area contributed by atoms with Crippen molar-refractivity contribution in [3.63, 3.8) is 0 Å². The molecule has 1 saturated heterocycles. The first kappa shape index (κ1) is 17.2. The SMILES string of the molecule is Cc1cc(NC(=O)C2CCN(C(=O)c3cccs3)CC2)ccc1Br. The van der Waals surface area contributed by atoms with Crippen LogP contribution in [0.3, 0.4) is 0 Å². The van der Waals surface area contributed by atoms with Crippen LogP contribution in [0.15, 0.2) is 40.2 Å². The van der Waals surface area contributed by atoms with Gasteiger partial charge in [0, 0.05) is 29.2 Å². The molecule has 0 radical (unpaired) electrons. The maximum Gasteiger partial charge on any atom is 0.263 e. The summed E-state index contributed by atoms with van der Waals surface area (Å²) in [5, 5.41) is 4.90. The Bertz CT molecular complexity index is 737. The predicted octanol–water partition coefficient (Wildman–Crippen LogP) is 4.31. The van der Waals surface area contributed by atoms with Gasteiger partial charge in [-0.15, -0.1) is 11.3 Å². The van der Waals surface area contributed by atoms with Gasteiger partial charge < -0.3 is 10.2 Å². The van der Waals surface area contributed by atoms with E-state index in [1.807, 2.05) is 47.5 Å². The summed E-state index contributed by atoms with van der Waals surface area (Å²) in [6.45, 7) is 3.26. The van der Waals surface area contributed by atoms with Gasteiger partial charge in [-0.2, -0.15) is 0 Å². The molecule has 24 heavy (non-hydrogen) atoms.